The molecule has 5 amide bonds. The van der Waals surface area contributed by atoms with Crippen LogP contribution in [0.3, 0.4) is 0 Å². The Morgan fingerprint density at radius 3 is 2.37 bits per heavy atom. The van der Waals surface area contributed by atoms with Crippen LogP contribution in [0.25, 0.3) is 5.00 Å². The van der Waals surface area contributed by atoms with Crippen molar-refractivity contribution < 1.29 is 33.5 Å². The number of amides is 5. The number of azo groups is 1. The van der Waals surface area contributed by atoms with Gasteiger partial charge in [0.2, 0.25) is 17.7 Å². The lowest BCUT2D eigenvalue weighted by Gasteiger charge is -2.27. The molecule has 2 N–H and O–H groups in total. The second kappa shape index (κ2) is 17.4. The molecule has 0 aliphatic carbocycles. The molecular formula is C49H40ClN9O7S. The molecule has 0 radical (unpaired) electrons. The number of fused-ring (bicyclic) bond motifs is 6. The van der Waals surface area contributed by atoms with Crippen LogP contribution in [0.1, 0.15) is 95.9 Å². The highest BCUT2D eigenvalue weighted by molar-refractivity contribution is 7.15. The van der Waals surface area contributed by atoms with Crippen LogP contribution in [0.4, 0.5) is 17.1 Å². The van der Waals surface area contributed by atoms with Crippen LogP contribution in [0, 0.1) is 20.8 Å². The van der Waals surface area contributed by atoms with Crippen LogP contribution >= 0.6 is 22.9 Å². The number of nitrogens with one attached hydrogen (secondary N) is 2. The van der Waals surface area contributed by atoms with E-state index in [1.165, 1.54) is 12.1 Å². The first-order valence-corrected chi connectivity index (χ1v) is 22.8. The number of piperidine rings is 1. The standard InChI is InChI=1S/C49H40ClN9O7S/c1-24-25(2)67-49-42(24)44(28-10-12-31(50)13-11-28)52-37(45-57-54-26(3)58(45)49)22-41(62)51-32-14-16-36-30(21-32)9-8-29-19-27(7-15-35(29)55-56-36)20-33(60)23-66-39-6-4-5-34-43(39)48(65)59(47(34)64)38-17-18-40(61)53-46(38)63/h4-7,10-16,19,21,37-38H,8-9,17-18,20,22-23H2,1-3H3,(H,51,62)(H,53,61,63). The lowest BCUT2D eigenvalue weighted by atomic mass is 9.97. The number of imide groups is 2. The van der Waals surface area contributed by atoms with Gasteiger partial charge in [-0.2, -0.15) is 10.2 Å². The molecule has 0 bridgehead atoms. The summed E-state index contributed by atoms with van der Waals surface area (Å²) in [6.07, 6.45) is 1.21. The number of carbonyl (C=O) groups is 6. The molecule has 2 unspecified atom stereocenters. The number of ketones is 1. The average Bonchev–Trinajstić information content (AvgIpc) is 3.88. The zero-order chi connectivity index (χ0) is 46.7. The summed E-state index contributed by atoms with van der Waals surface area (Å²) < 4.78 is 7.84. The minimum atomic E-state index is -1.12. The van der Waals surface area contributed by atoms with Gasteiger partial charge in [-0.25, -0.2) is 0 Å². The number of Topliss-reactive ketones (excluding diaryl/α,β-unsaturated/α-hetero) is 1. The number of hydrogen-bond donors (Lipinski definition) is 2. The fraction of sp³-hybridized carbons (Fsp3) is 0.245. The van der Waals surface area contributed by atoms with Crippen molar-refractivity contribution >= 4 is 81.0 Å². The highest BCUT2D eigenvalue weighted by Crippen LogP contribution is 2.40. The van der Waals surface area contributed by atoms with Gasteiger partial charge in [-0.1, -0.05) is 41.9 Å². The largest absolute Gasteiger partial charge is 0.485 e. The van der Waals surface area contributed by atoms with E-state index in [-0.39, 0.29) is 60.9 Å². The van der Waals surface area contributed by atoms with E-state index in [9.17, 15) is 28.8 Å². The molecule has 2 aromatic heterocycles. The lowest BCUT2D eigenvalue weighted by Crippen LogP contribution is -2.54. The normalized spacial score (nSPS) is 17.3. The summed E-state index contributed by atoms with van der Waals surface area (Å²) in [5.41, 5.74) is 8.18. The summed E-state index contributed by atoms with van der Waals surface area (Å²) in [6, 6.07) is 21.3. The molecule has 4 aromatic carbocycles. The predicted octanol–water partition coefficient (Wildman–Crippen LogP) is 7.93. The third-order valence-electron chi connectivity index (χ3n) is 12.4. The number of ether oxygens (including phenoxy) is 1. The van der Waals surface area contributed by atoms with E-state index in [0.717, 1.165) is 53.9 Å². The Labute approximate surface area is 392 Å². The maximum absolute atomic E-state index is 13.9. The van der Waals surface area contributed by atoms with Gasteiger partial charge in [0.25, 0.3) is 11.8 Å². The first-order chi connectivity index (χ1) is 32.3. The average molecular weight is 934 g/mol. The maximum Gasteiger partial charge on any atom is 0.266 e. The van der Waals surface area contributed by atoms with Crippen molar-refractivity contribution in [1.29, 1.82) is 0 Å². The third-order valence-corrected chi connectivity index (χ3v) is 13.8. The zero-order valence-corrected chi connectivity index (χ0v) is 38.0. The third kappa shape index (κ3) is 8.14. The topological polar surface area (TPSA) is 207 Å². The number of aliphatic imine (C=N–C) groups is 1. The summed E-state index contributed by atoms with van der Waals surface area (Å²) in [6.45, 7) is 5.68. The van der Waals surface area contributed by atoms with Crippen LogP contribution < -0.4 is 15.4 Å². The van der Waals surface area contributed by atoms with E-state index in [1.54, 1.807) is 29.5 Å². The van der Waals surface area contributed by atoms with Crippen LogP contribution in [0.2, 0.25) is 5.02 Å². The molecule has 6 aromatic rings. The monoisotopic (exact) mass is 933 g/mol. The van der Waals surface area contributed by atoms with Crippen molar-refractivity contribution in [2.45, 2.75) is 71.4 Å². The van der Waals surface area contributed by atoms with E-state index in [2.05, 4.69) is 44.9 Å². The molecule has 16 nitrogen and oxygen atoms in total. The van der Waals surface area contributed by atoms with Crippen LogP contribution in [-0.4, -0.2) is 73.3 Å². The second-order valence-corrected chi connectivity index (χ2v) is 18.4. The molecule has 1 saturated heterocycles. The van der Waals surface area contributed by atoms with Gasteiger partial charge in [0.1, 0.15) is 35.3 Å². The number of carbonyl (C=O) groups excluding carboxylic acids is 6. The molecule has 1 fully saturated rings. The van der Waals surface area contributed by atoms with Gasteiger partial charge in [0, 0.05) is 39.6 Å². The molecule has 0 spiro atoms. The number of anilines is 1. The number of hydrogen-bond acceptors (Lipinski definition) is 13. The number of benzene rings is 4. The highest BCUT2D eigenvalue weighted by atomic mass is 35.5. The Bertz CT molecular complexity index is 3190. The van der Waals surface area contributed by atoms with Crippen molar-refractivity contribution in [2.24, 2.45) is 15.2 Å². The summed E-state index contributed by atoms with van der Waals surface area (Å²) in [7, 11) is 0. The van der Waals surface area contributed by atoms with Gasteiger partial charge in [0.15, 0.2) is 11.6 Å². The van der Waals surface area contributed by atoms with Crippen molar-refractivity contribution in [2.75, 3.05) is 11.9 Å². The van der Waals surface area contributed by atoms with Crippen LogP contribution in [0.15, 0.2) is 94.1 Å². The van der Waals surface area contributed by atoms with Crippen LogP contribution in [0.5, 0.6) is 5.75 Å². The van der Waals surface area contributed by atoms with E-state index in [0.29, 0.717) is 46.6 Å². The molecule has 2 atom stereocenters. The number of rotatable bonds is 10. The summed E-state index contributed by atoms with van der Waals surface area (Å²) in [5, 5.41) is 24.8. The van der Waals surface area contributed by atoms with Gasteiger partial charge in [-0.15, -0.1) is 21.5 Å². The number of nitrogens with zero attached hydrogens (tertiary/aromatic N) is 7. The molecule has 10 rings (SSSR count). The van der Waals surface area contributed by atoms with Gasteiger partial charge in [-0.05, 0) is 111 Å². The Morgan fingerprint density at radius 2 is 1.61 bits per heavy atom. The minimum Gasteiger partial charge on any atom is -0.485 e. The molecule has 67 heavy (non-hydrogen) atoms. The molecule has 4 aliphatic rings. The lowest BCUT2D eigenvalue weighted by molar-refractivity contribution is -0.136. The number of halogens is 1. The summed E-state index contributed by atoms with van der Waals surface area (Å²) in [5.74, 6) is -1.76. The molecule has 18 heteroatoms. The van der Waals surface area contributed by atoms with Gasteiger partial charge in [-0.3, -0.25) is 48.5 Å². The van der Waals surface area contributed by atoms with E-state index < -0.39 is 35.7 Å². The molecule has 336 valence electrons. The zero-order valence-electron chi connectivity index (χ0n) is 36.4. The number of thiophene rings is 1. The minimum absolute atomic E-state index is 0.00284. The van der Waals surface area contributed by atoms with Crippen molar-refractivity contribution in [3.63, 3.8) is 0 Å². The van der Waals surface area contributed by atoms with Gasteiger partial charge in [0.05, 0.1) is 34.6 Å². The van der Waals surface area contributed by atoms with Crippen molar-refractivity contribution in [1.82, 2.24) is 25.0 Å². The maximum atomic E-state index is 13.9. The molecule has 4 aliphatic heterocycles. The van der Waals surface area contributed by atoms with E-state index in [1.807, 2.05) is 60.0 Å². The molecule has 6 heterocycles. The van der Waals surface area contributed by atoms with Gasteiger partial charge >= 0.3 is 0 Å². The van der Waals surface area contributed by atoms with E-state index in [4.69, 9.17) is 21.3 Å². The first-order valence-electron chi connectivity index (χ1n) is 21.6. The first kappa shape index (κ1) is 43.4. The van der Waals surface area contributed by atoms with Crippen LogP contribution in [-0.2, 0) is 38.4 Å². The van der Waals surface area contributed by atoms with Gasteiger partial charge < -0.3 is 10.1 Å². The predicted molar refractivity (Wildman–Crippen MR) is 248 cm³/mol. The number of aromatic nitrogens is 3. The molecular weight excluding hydrogens is 894 g/mol. The Hall–Kier alpha value is -7.50. The Kier molecular flexibility index (Phi) is 11.3. The molecule has 0 saturated carbocycles. The Morgan fingerprint density at radius 1 is 0.866 bits per heavy atom. The van der Waals surface area contributed by atoms with Crippen molar-refractivity contribution in [3.05, 3.63) is 145 Å². The van der Waals surface area contributed by atoms with Crippen molar-refractivity contribution in [3.8, 4) is 10.8 Å². The highest BCUT2D eigenvalue weighted by Gasteiger charge is 2.46. The quantitative estimate of drug-likeness (QED) is 0.128. The summed E-state index contributed by atoms with van der Waals surface area (Å²) in [4.78, 5) is 85.4. The fourth-order valence-electron chi connectivity index (χ4n) is 8.95. The van der Waals surface area contributed by atoms with E-state index >= 15 is 0 Å². The Balaban J connectivity index is 0.807. The summed E-state index contributed by atoms with van der Waals surface area (Å²) >= 11 is 7.92. The second-order valence-electron chi connectivity index (χ2n) is 16.8. The number of aryl methyl sites for hydroxylation is 4. The fourth-order valence-corrected chi connectivity index (χ4v) is 10.3. The smallest absolute Gasteiger partial charge is 0.266 e. The SMILES string of the molecule is Cc1sc2c(c1C)C(c1ccc(Cl)cc1)=NC(CC(=O)Nc1ccc3c(c1)CCc1cc(CC(=O)COc4cccc5c4C(=O)N(C4CCC(=O)NC4=O)C5=O)ccc1N=N3)c1nnc(C)n1-2.